The standard InChI is InChI=1S/C40H47NO12.2Ac/c1-20-24(52-36(48)30(44)28(21-15-16-21)41-34(46)22-11-7-5-8-12-22)18-40(50)33(53-35(47)23-13-9-6-10-14-23)31-38(4,25(42)17-26-39(31,49)19-51-26)32(45)29(43)27(20)37(40,2)3;;/h5-14,21,24-26,28-31,33,42-44,49-50H,15-19H2,1-4H3,(H,41,46);;/t24?,25?,26?,28?,29?,30?,31?,33?,38-,39+,40?;;/m1../s1. The molecule has 1 aliphatic heterocycles. The number of rotatable bonds is 8. The number of ether oxygens (including phenoxy) is 3. The van der Waals surface area contributed by atoms with Crippen LogP contribution in [0.4, 0.5) is 0 Å². The van der Waals surface area contributed by atoms with Crippen LogP contribution in [0.5, 0.6) is 0 Å². The van der Waals surface area contributed by atoms with Gasteiger partial charge in [0.1, 0.15) is 29.5 Å². The molecule has 6 N–H and O–H groups in total. The van der Waals surface area contributed by atoms with E-state index in [2.05, 4.69) is 5.32 Å². The Bertz CT molecular complexity index is 1840. The molecule has 290 valence electrons. The SMILES string of the molecule is CC1=C2C(O)C(=O)[C@]3(C)C(O)CC4OC[C@@]4(O)C3C(OC(=O)c3ccccc3)C(O)(CC1OC(=O)C(O)C(NC(=O)c1ccccc1)C1CC1)C2(C)C.[Ac].[Ac]. The van der Waals surface area contributed by atoms with Crippen molar-refractivity contribution in [3.05, 3.63) is 82.9 Å². The zero-order chi connectivity index (χ0) is 38.2. The molecular formula is C40H47Ac2NO12. The number of nitrogens with one attached hydrogen (secondary N) is 1. The second kappa shape index (κ2) is 16.5. The predicted octanol–water partition coefficient (Wildman–Crippen LogP) is 1.63. The fourth-order valence-corrected chi connectivity index (χ4v) is 9.47. The van der Waals surface area contributed by atoms with Crippen molar-refractivity contribution in [1.29, 1.82) is 0 Å². The second-order valence-electron chi connectivity index (χ2n) is 16.2. The molecule has 13 nitrogen and oxygen atoms in total. The Morgan fingerprint density at radius 1 is 0.909 bits per heavy atom. The molecule has 3 saturated carbocycles. The summed E-state index contributed by atoms with van der Waals surface area (Å²) in [5.41, 5.74) is -6.97. The van der Waals surface area contributed by atoms with E-state index in [0.29, 0.717) is 18.4 Å². The van der Waals surface area contributed by atoms with Crippen LogP contribution in [-0.4, -0.2) is 110 Å². The Hall–Kier alpha value is -1.10. The Morgan fingerprint density at radius 2 is 1.49 bits per heavy atom. The third-order valence-electron chi connectivity index (χ3n) is 12.9. The molecule has 0 spiro atoms. The van der Waals surface area contributed by atoms with Gasteiger partial charge in [-0.3, -0.25) is 9.59 Å². The van der Waals surface area contributed by atoms with Crippen LogP contribution < -0.4 is 5.32 Å². The number of carbonyl (C=O) groups is 4. The first kappa shape index (κ1) is 45.0. The Kier molecular flexibility index (Phi) is 13.5. The topological polar surface area (TPSA) is 209 Å². The van der Waals surface area contributed by atoms with Gasteiger partial charge in [0, 0.05) is 118 Å². The molecule has 15 heteroatoms. The first-order valence-electron chi connectivity index (χ1n) is 18.1. The van der Waals surface area contributed by atoms with Gasteiger partial charge < -0.3 is 45.1 Å². The van der Waals surface area contributed by atoms with Gasteiger partial charge in [-0.15, -0.1) is 0 Å². The van der Waals surface area contributed by atoms with E-state index in [1.165, 1.54) is 19.1 Å². The van der Waals surface area contributed by atoms with Gasteiger partial charge in [-0.05, 0) is 68.0 Å². The van der Waals surface area contributed by atoms with Crippen LogP contribution in [0, 0.1) is 111 Å². The van der Waals surface area contributed by atoms with Crippen molar-refractivity contribution in [2.45, 2.75) is 107 Å². The molecule has 2 aromatic carbocycles. The first-order valence-corrected chi connectivity index (χ1v) is 18.1. The number of aliphatic hydroxyl groups excluding tert-OH is 3. The molecule has 0 aromatic heterocycles. The van der Waals surface area contributed by atoms with Crippen LogP contribution in [0.1, 0.15) is 74.1 Å². The predicted molar refractivity (Wildman–Crippen MR) is 186 cm³/mol. The average molecular weight is 1190 g/mol. The fraction of sp³-hybridized carbons (Fsp3) is 0.550. The van der Waals surface area contributed by atoms with Gasteiger partial charge in [0.2, 0.25) is 0 Å². The number of Topliss-reactive ketones (excluding diaryl/α,β-unsaturated/α-hetero) is 1. The minimum absolute atomic E-state index is 0. The van der Waals surface area contributed by atoms with E-state index in [-0.39, 0.29) is 124 Å². The van der Waals surface area contributed by atoms with Crippen molar-refractivity contribution < 1.29 is 147 Å². The molecule has 4 fully saturated rings. The van der Waals surface area contributed by atoms with Crippen molar-refractivity contribution in [2.75, 3.05) is 6.61 Å². The summed E-state index contributed by atoms with van der Waals surface area (Å²) in [5, 5.41) is 63.1. The molecule has 9 unspecified atom stereocenters. The Labute approximate surface area is 391 Å². The molecule has 2 aromatic rings. The third-order valence-corrected chi connectivity index (χ3v) is 12.9. The van der Waals surface area contributed by atoms with Crippen molar-refractivity contribution in [2.24, 2.45) is 22.7 Å². The van der Waals surface area contributed by atoms with E-state index < -0.39 is 101 Å². The van der Waals surface area contributed by atoms with Crippen molar-refractivity contribution in [1.82, 2.24) is 5.32 Å². The monoisotopic (exact) mass is 1190 g/mol. The number of amides is 1. The second-order valence-corrected chi connectivity index (χ2v) is 16.2. The van der Waals surface area contributed by atoms with E-state index in [4.69, 9.17) is 14.2 Å². The molecule has 2 bridgehead atoms. The fourth-order valence-electron chi connectivity index (χ4n) is 9.47. The number of esters is 2. The van der Waals surface area contributed by atoms with Crippen LogP contribution in [0.2, 0.25) is 0 Å². The zero-order valence-corrected chi connectivity index (χ0v) is 40.7. The average Bonchev–Trinajstić information content (AvgIpc) is 3.98. The smallest absolute Gasteiger partial charge is 0.338 e. The van der Waals surface area contributed by atoms with Crippen LogP contribution in [0.25, 0.3) is 0 Å². The van der Waals surface area contributed by atoms with Gasteiger partial charge in [-0.2, -0.15) is 0 Å². The van der Waals surface area contributed by atoms with Crippen molar-refractivity contribution >= 4 is 23.6 Å². The number of aliphatic hydroxyl groups is 5. The van der Waals surface area contributed by atoms with Crippen molar-refractivity contribution in [3.63, 3.8) is 0 Å². The number of hydrogen-bond donors (Lipinski definition) is 6. The number of ketones is 1. The number of benzene rings is 2. The Balaban J connectivity index is 0.00000290. The van der Waals surface area contributed by atoms with Crippen LogP contribution in [0.3, 0.4) is 0 Å². The summed E-state index contributed by atoms with van der Waals surface area (Å²) in [6.07, 6.45) is -8.57. The van der Waals surface area contributed by atoms with Crippen LogP contribution in [-0.2, 0) is 23.8 Å². The van der Waals surface area contributed by atoms with E-state index >= 15 is 0 Å². The quantitative estimate of drug-likeness (QED) is 0.165. The normalized spacial score (nSPS) is 35.7. The van der Waals surface area contributed by atoms with Gasteiger partial charge in [0.05, 0.1) is 35.8 Å². The summed E-state index contributed by atoms with van der Waals surface area (Å²) < 4.78 is 17.8. The minimum Gasteiger partial charge on any atom is -0.456 e. The van der Waals surface area contributed by atoms with Crippen LogP contribution >= 0.6 is 0 Å². The summed E-state index contributed by atoms with van der Waals surface area (Å²) in [5.74, 6) is -5.04. The summed E-state index contributed by atoms with van der Waals surface area (Å²) in [4.78, 5) is 55.4. The summed E-state index contributed by atoms with van der Waals surface area (Å²) in [6, 6.07) is 15.3. The van der Waals surface area contributed by atoms with Gasteiger partial charge in [0.15, 0.2) is 11.9 Å². The minimum atomic E-state index is -2.26. The van der Waals surface area contributed by atoms with E-state index in [1.807, 2.05) is 0 Å². The molecule has 4 aliphatic carbocycles. The largest absolute Gasteiger partial charge is 0.456 e. The molecule has 5 aliphatic rings. The molecule has 55 heavy (non-hydrogen) atoms. The number of carbonyl (C=O) groups excluding carboxylic acids is 4. The molecule has 2 radical (unpaired) electrons. The number of fused-ring (bicyclic) bond motifs is 5. The summed E-state index contributed by atoms with van der Waals surface area (Å²) >= 11 is 0. The summed E-state index contributed by atoms with van der Waals surface area (Å²) in [7, 11) is 0. The van der Waals surface area contributed by atoms with Gasteiger partial charge in [0.25, 0.3) is 5.91 Å². The van der Waals surface area contributed by atoms with Gasteiger partial charge in [-0.1, -0.05) is 50.2 Å². The maximum Gasteiger partial charge on any atom is 0.338 e. The van der Waals surface area contributed by atoms with E-state index in [1.54, 1.807) is 69.3 Å². The molecule has 11 atom stereocenters. The summed E-state index contributed by atoms with van der Waals surface area (Å²) in [6.45, 7) is 5.78. The molecule has 1 amide bonds. The molecule has 1 heterocycles. The first-order chi connectivity index (χ1) is 25.0. The van der Waals surface area contributed by atoms with Crippen molar-refractivity contribution in [3.8, 4) is 0 Å². The number of hydrogen-bond acceptors (Lipinski definition) is 12. The van der Waals surface area contributed by atoms with Crippen LogP contribution in [0.15, 0.2) is 71.8 Å². The zero-order valence-electron chi connectivity index (χ0n) is 31.3. The molecule has 7 rings (SSSR count). The molecule has 1 saturated heterocycles. The van der Waals surface area contributed by atoms with E-state index in [9.17, 15) is 44.7 Å². The third kappa shape index (κ3) is 7.42. The molecular weight excluding hydrogens is 1140 g/mol. The maximum absolute atomic E-state index is 14.6. The Morgan fingerprint density at radius 3 is 2.04 bits per heavy atom. The van der Waals surface area contributed by atoms with Gasteiger partial charge >= 0.3 is 11.9 Å². The van der Waals surface area contributed by atoms with E-state index in [0.717, 1.165) is 0 Å². The maximum atomic E-state index is 14.6. The van der Waals surface area contributed by atoms with Gasteiger partial charge in [-0.25, -0.2) is 9.59 Å².